The maximum atomic E-state index is 2.81. The van der Waals surface area contributed by atoms with Crippen molar-refractivity contribution in [2.45, 2.75) is 91.0 Å². The molecule has 1 heteroatoms. The van der Waals surface area contributed by atoms with Crippen molar-refractivity contribution in [3.8, 4) is 0 Å². The monoisotopic (exact) mass is 341 g/mol. The first-order chi connectivity index (χ1) is 11.6. The SMILES string of the molecule is CC(C)(C)c1ccc(C2CCN(C3CCC(C(C)(C)C)CC3)C2)cc1. The number of hydrogen-bond acceptors (Lipinski definition) is 1. The summed E-state index contributed by atoms with van der Waals surface area (Å²) in [7, 11) is 0. The van der Waals surface area contributed by atoms with E-state index in [0.717, 1.165) is 17.9 Å². The van der Waals surface area contributed by atoms with Gasteiger partial charge in [0.25, 0.3) is 0 Å². The molecule has 0 spiro atoms. The van der Waals surface area contributed by atoms with Gasteiger partial charge in [0.15, 0.2) is 0 Å². The first-order valence-electron chi connectivity index (χ1n) is 10.5. The molecule has 1 aromatic rings. The zero-order chi connectivity index (χ0) is 18.2. The fourth-order valence-corrected chi connectivity index (χ4v) is 4.95. The Hall–Kier alpha value is -0.820. The zero-order valence-corrected chi connectivity index (χ0v) is 17.4. The Balaban J connectivity index is 1.56. The molecule has 140 valence electrons. The molecule has 2 aliphatic rings. The average molecular weight is 342 g/mol. The van der Waals surface area contributed by atoms with E-state index in [2.05, 4.69) is 70.7 Å². The van der Waals surface area contributed by atoms with Gasteiger partial charge in [-0.25, -0.2) is 0 Å². The molecule has 0 bridgehead atoms. The molecule has 1 unspecified atom stereocenters. The molecule has 3 rings (SSSR count). The van der Waals surface area contributed by atoms with Crippen molar-refractivity contribution in [1.82, 2.24) is 4.90 Å². The Morgan fingerprint density at radius 2 is 1.40 bits per heavy atom. The van der Waals surface area contributed by atoms with Crippen LogP contribution in [-0.2, 0) is 5.41 Å². The second kappa shape index (κ2) is 7.06. The van der Waals surface area contributed by atoms with Crippen molar-refractivity contribution in [3.05, 3.63) is 35.4 Å². The first-order valence-corrected chi connectivity index (χ1v) is 10.5. The summed E-state index contributed by atoms with van der Waals surface area (Å²) in [5, 5.41) is 0. The molecule has 0 N–H and O–H groups in total. The minimum Gasteiger partial charge on any atom is -0.300 e. The summed E-state index contributed by atoms with van der Waals surface area (Å²) in [6.45, 7) is 16.7. The van der Waals surface area contributed by atoms with E-state index in [0.29, 0.717) is 5.41 Å². The Kier molecular flexibility index (Phi) is 5.36. The molecule has 1 aliphatic heterocycles. The number of likely N-dealkylation sites (tertiary alicyclic amines) is 1. The molecule has 1 atom stereocenters. The van der Waals surface area contributed by atoms with Crippen LogP contribution in [0.3, 0.4) is 0 Å². The van der Waals surface area contributed by atoms with Gasteiger partial charge in [0.05, 0.1) is 0 Å². The van der Waals surface area contributed by atoms with E-state index in [1.807, 2.05) is 0 Å². The first kappa shape index (κ1) is 19.0. The molecule has 1 nitrogen and oxygen atoms in total. The highest BCUT2D eigenvalue weighted by atomic mass is 15.2. The topological polar surface area (TPSA) is 3.24 Å². The molecular weight excluding hydrogens is 302 g/mol. The summed E-state index contributed by atoms with van der Waals surface area (Å²) in [5.74, 6) is 1.67. The highest BCUT2D eigenvalue weighted by Gasteiger charge is 2.34. The summed E-state index contributed by atoms with van der Waals surface area (Å²) in [5.41, 5.74) is 3.75. The molecule has 1 heterocycles. The van der Waals surface area contributed by atoms with Crippen LogP contribution < -0.4 is 0 Å². The molecular formula is C24H39N. The lowest BCUT2D eigenvalue weighted by molar-refractivity contribution is 0.110. The van der Waals surface area contributed by atoms with Crippen LogP contribution in [-0.4, -0.2) is 24.0 Å². The Morgan fingerprint density at radius 1 is 0.800 bits per heavy atom. The normalized spacial score (nSPS) is 29.1. The number of hydrogen-bond donors (Lipinski definition) is 0. The molecule has 1 aliphatic carbocycles. The van der Waals surface area contributed by atoms with E-state index >= 15 is 0 Å². The molecule has 2 fully saturated rings. The van der Waals surface area contributed by atoms with E-state index in [1.54, 1.807) is 5.56 Å². The standard InChI is InChI=1S/C24H39N/c1-23(2,3)20-9-7-18(8-10-20)19-15-16-25(17-19)22-13-11-21(12-14-22)24(4,5)6/h7-10,19,21-22H,11-17H2,1-6H3. The van der Waals surface area contributed by atoms with Crippen LogP contribution in [0.2, 0.25) is 0 Å². The highest BCUT2D eigenvalue weighted by molar-refractivity contribution is 5.30. The van der Waals surface area contributed by atoms with Crippen LogP contribution in [0.25, 0.3) is 0 Å². The lowest BCUT2D eigenvalue weighted by Crippen LogP contribution is -2.38. The van der Waals surface area contributed by atoms with Crippen molar-refractivity contribution >= 4 is 0 Å². The van der Waals surface area contributed by atoms with Crippen LogP contribution in [0.15, 0.2) is 24.3 Å². The maximum absolute atomic E-state index is 2.81. The summed E-state index contributed by atoms with van der Waals surface area (Å²) in [4.78, 5) is 2.81. The molecule has 0 amide bonds. The third-order valence-corrected chi connectivity index (χ3v) is 6.91. The minimum absolute atomic E-state index is 0.256. The lowest BCUT2D eigenvalue weighted by Gasteiger charge is -2.40. The van der Waals surface area contributed by atoms with Crippen LogP contribution in [0.1, 0.15) is 90.7 Å². The van der Waals surface area contributed by atoms with Gasteiger partial charge in [0.2, 0.25) is 0 Å². The lowest BCUT2D eigenvalue weighted by atomic mass is 9.71. The van der Waals surface area contributed by atoms with Gasteiger partial charge < -0.3 is 0 Å². The van der Waals surface area contributed by atoms with Crippen molar-refractivity contribution in [1.29, 1.82) is 0 Å². The molecule has 0 radical (unpaired) electrons. The van der Waals surface area contributed by atoms with Crippen LogP contribution >= 0.6 is 0 Å². The van der Waals surface area contributed by atoms with Gasteiger partial charge in [-0.05, 0) is 72.4 Å². The van der Waals surface area contributed by atoms with Crippen LogP contribution in [0, 0.1) is 11.3 Å². The third kappa shape index (κ3) is 4.48. The molecule has 1 saturated heterocycles. The summed E-state index contributed by atoms with van der Waals surface area (Å²) >= 11 is 0. The van der Waals surface area contributed by atoms with Crippen molar-refractivity contribution in [2.24, 2.45) is 11.3 Å². The maximum Gasteiger partial charge on any atom is 0.00957 e. The van der Waals surface area contributed by atoms with Crippen molar-refractivity contribution in [2.75, 3.05) is 13.1 Å². The summed E-state index contributed by atoms with van der Waals surface area (Å²) < 4.78 is 0. The molecule has 1 saturated carbocycles. The second-order valence-electron chi connectivity index (χ2n) is 10.7. The largest absolute Gasteiger partial charge is 0.300 e. The summed E-state index contributed by atoms with van der Waals surface area (Å²) in [6.07, 6.45) is 7.02. The Bertz CT molecular complexity index is 549. The quantitative estimate of drug-likeness (QED) is 0.603. The van der Waals surface area contributed by atoms with Crippen molar-refractivity contribution in [3.63, 3.8) is 0 Å². The number of rotatable bonds is 2. The van der Waals surface area contributed by atoms with E-state index in [1.165, 1.54) is 50.8 Å². The second-order valence-corrected chi connectivity index (χ2v) is 10.7. The predicted octanol–water partition coefficient (Wildman–Crippen LogP) is 6.38. The van der Waals surface area contributed by atoms with Gasteiger partial charge in [-0.15, -0.1) is 0 Å². The summed E-state index contributed by atoms with van der Waals surface area (Å²) in [6, 6.07) is 10.3. The van der Waals surface area contributed by atoms with Gasteiger partial charge in [0.1, 0.15) is 0 Å². The number of benzene rings is 1. The fraction of sp³-hybridized carbons (Fsp3) is 0.750. The van der Waals surface area contributed by atoms with Gasteiger partial charge >= 0.3 is 0 Å². The van der Waals surface area contributed by atoms with E-state index in [4.69, 9.17) is 0 Å². The Labute approximate surface area is 156 Å². The van der Waals surface area contributed by atoms with E-state index in [-0.39, 0.29) is 5.41 Å². The zero-order valence-electron chi connectivity index (χ0n) is 17.4. The van der Waals surface area contributed by atoms with Gasteiger partial charge in [0, 0.05) is 12.6 Å². The van der Waals surface area contributed by atoms with Gasteiger partial charge in [-0.2, -0.15) is 0 Å². The molecule has 1 aromatic carbocycles. The predicted molar refractivity (Wildman–Crippen MR) is 109 cm³/mol. The van der Waals surface area contributed by atoms with Gasteiger partial charge in [-0.3, -0.25) is 4.90 Å². The molecule has 25 heavy (non-hydrogen) atoms. The van der Waals surface area contributed by atoms with E-state index in [9.17, 15) is 0 Å². The minimum atomic E-state index is 0.256. The average Bonchev–Trinajstić information content (AvgIpc) is 3.03. The smallest absolute Gasteiger partial charge is 0.00957 e. The Morgan fingerprint density at radius 3 is 1.92 bits per heavy atom. The third-order valence-electron chi connectivity index (χ3n) is 6.91. The van der Waals surface area contributed by atoms with Crippen LogP contribution in [0.5, 0.6) is 0 Å². The van der Waals surface area contributed by atoms with Gasteiger partial charge in [-0.1, -0.05) is 65.8 Å². The van der Waals surface area contributed by atoms with Crippen molar-refractivity contribution < 1.29 is 0 Å². The highest BCUT2D eigenvalue weighted by Crippen LogP contribution is 2.40. The number of nitrogens with zero attached hydrogens (tertiary/aromatic N) is 1. The van der Waals surface area contributed by atoms with E-state index < -0.39 is 0 Å². The fourth-order valence-electron chi connectivity index (χ4n) is 4.95. The molecule has 0 aromatic heterocycles. The van der Waals surface area contributed by atoms with Crippen LogP contribution in [0.4, 0.5) is 0 Å².